The van der Waals surface area contributed by atoms with Crippen molar-refractivity contribution in [3.05, 3.63) is 48.2 Å². The number of likely N-dealkylation sites (tertiary alicyclic amines) is 1. The van der Waals surface area contributed by atoms with E-state index in [1.54, 1.807) is 6.33 Å². The molecule has 2 aliphatic rings. The second-order valence-electron chi connectivity index (χ2n) is 7.12. The van der Waals surface area contributed by atoms with Gasteiger partial charge in [-0.25, -0.2) is 9.97 Å². The zero-order valence-electron chi connectivity index (χ0n) is 13.6. The Kier molecular flexibility index (Phi) is 3.73. The maximum Gasteiger partial charge on any atom is 0.129 e. The number of rotatable bonds is 4. The third-order valence-corrected chi connectivity index (χ3v) is 5.16. The topological polar surface area (TPSA) is 53.9 Å². The molecule has 120 valence electrons. The summed E-state index contributed by atoms with van der Waals surface area (Å²) in [5.74, 6) is 0.961. The minimum absolute atomic E-state index is 0.516. The molecule has 2 aromatic rings. The Morgan fingerprint density at radius 1 is 1.35 bits per heavy atom. The third-order valence-electron chi connectivity index (χ3n) is 5.16. The summed E-state index contributed by atoms with van der Waals surface area (Å²) in [7, 11) is 0. The fraction of sp³-hybridized carbons (Fsp3) is 0.500. The normalized spacial score (nSPS) is 27.1. The lowest BCUT2D eigenvalue weighted by molar-refractivity contribution is 0.120. The Labute approximate surface area is 137 Å². The summed E-state index contributed by atoms with van der Waals surface area (Å²) in [6, 6.07) is 6.77. The van der Waals surface area contributed by atoms with Crippen molar-refractivity contribution in [1.82, 2.24) is 19.9 Å². The van der Waals surface area contributed by atoms with Crippen LogP contribution in [-0.4, -0.2) is 39.0 Å². The predicted octanol–water partition coefficient (Wildman–Crippen LogP) is 2.65. The number of nitrogens with zero attached hydrogens (tertiary/aromatic N) is 4. The first kappa shape index (κ1) is 14.6. The fourth-order valence-electron chi connectivity index (χ4n) is 4.08. The van der Waals surface area contributed by atoms with E-state index >= 15 is 0 Å². The van der Waals surface area contributed by atoms with Gasteiger partial charge in [0.15, 0.2) is 0 Å². The largest absolute Gasteiger partial charge is 0.367 e. The molecule has 1 spiro atoms. The highest BCUT2D eigenvalue weighted by molar-refractivity contribution is 5.37. The number of aromatic nitrogens is 3. The van der Waals surface area contributed by atoms with Crippen LogP contribution in [0.25, 0.3) is 0 Å². The van der Waals surface area contributed by atoms with Crippen molar-refractivity contribution in [2.24, 2.45) is 5.41 Å². The molecule has 3 heterocycles. The van der Waals surface area contributed by atoms with Crippen LogP contribution in [-0.2, 0) is 6.54 Å². The van der Waals surface area contributed by atoms with Crippen LogP contribution in [0.5, 0.6) is 0 Å². The van der Waals surface area contributed by atoms with Crippen LogP contribution in [0.1, 0.15) is 30.5 Å². The van der Waals surface area contributed by atoms with E-state index in [-0.39, 0.29) is 0 Å². The fourth-order valence-corrected chi connectivity index (χ4v) is 4.08. The van der Waals surface area contributed by atoms with Gasteiger partial charge < -0.3 is 5.32 Å². The molecular weight excluding hydrogens is 286 g/mol. The summed E-state index contributed by atoms with van der Waals surface area (Å²) >= 11 is 0. The first-order valence-electron chi connectivity index (χ1n) is 8.37. The molecule has 23 heavy (non-hydrogen) atoms. The van der Waals surface area contributed by atoms with Crippen molar-refractivity contribution in [2.45, 2.75) is 38.8 Å². The van der Waals surface area contributed by atoms with Gasteiger partial charge in [0.1, 0.15) is 12.1 Å². The van der Waals surface area contributed by atoms with E-state index < -0.39 is 0 Å². The van der Waals surface area contributed by atoms with Crippen LogP contribution < -0.4 is 5.32 Å². The van der Waals surface area contributed by atoms with Crippen molar-refractivity contribution >= 4 is 5.82 Å². The summed E-state index contributed by atoms with van der Waals surface area (Å²) < 4.78 is 0. The second-order valence-corrected chi connectivity index (χ2v) is 7.12. The lowest BCUT2D eigenvalue weighted by Crippen LogP contribution is -2.46. The van der Waals surface area contributed by atoms with Crippen molar-refractivity contribution in [2.75, 3.05) is 18.4 Å². The van der Waals surface area contributed by atoms with Crippen LogP contribution in [0.2, 0.25) is 0 Å². The van der Waals surface area contributed by atoms with Crippen LogP contribution in [0.3, 0.4) is 0 Å². The molecule has 5 heteroatoms. The van der Waals surface area contributed by atoms with E-state index in [1.807, 2.05) is 31.5 Å². The molecule has 1 saturated carbocycles. The first-order valence-corrected chi connectivity index (χ1v) is 8.37. The predicted molar refractivity (Wildman–Crippen MR) is 90.0 cm³/mol. The van der Waals surface area contributed by atoms with Gasteiger partial charge in [0, 0.05) is 43.3 Å². The minimum Gasteiger partial charge on any atom is -0.367 e. The molecule has 0 unspecified atom stereocenters. The van der Waals surface area contributed by atoms with Gasteiger partial charge in [0.2, 0.25) is 0 Å². The number of anilines is 1. The van der Waals surface area contributed by atoms with E-state index in [0.717, 1.165) is 18.1 Å². The lowest BCUT2D eigenvalue weighted by Gasteiger charge is -2.45. The molecule has 4 rings (SSSR count). The zero-order chi connectivity index (χ0) is 15.7. The Balaban J connectivity index is 1.29. The number of pyridine rings is 1. The SMILES string of the molecule is Cc1cc(NC2CC3(CCN(Cc4cccnc4)C3)C2)ncn1. The van der Waals surface area contributed by atoms with Crippen molar-refractivity contribution < 1.29 is 0 Å². The molecule has 2 aromatic heterocycles. The van der Waals surface area contributed by atoms with Gasteiger partial charge in [-0.2, -0.15) is 0 Å². The average molecular weight is 309 g/mol. The highest BCUT2D eigenvalue weighted by atomic mass is 15.2. The Hall–Kier alpha value is -2.01. The van der Waals surface area contributed by atoms with E-state index in [0.29, 0.717) is 11.5 Å². The first-order chi connectivity index (χ1) is 11.2. The summed E-state index contributed by atoms with van der Waals surface area (Å²) in [5, 5.41) is 3.56. The maximum absolute atomic E-state index is 4.31. The Morgan fingerprint density at radius 3 is 3.04 bits per heavy atom. The van der Waals surface area contributed by atoms with Crippen LogP contribution in [0.4, 0.5) is 5.82 Å². The molecule has 5 nitrogen and oxygen atoms in total. The summed E-state index contributed by atoms with van der Waals surface area (Å²) in [4.78, 5) is 15.2. The summed E-state index contributed by atoms with van der Waals surface area (Å²) in [6.45, 7) is 5.44. The van der Waals surface area contributed by atoms with Gasteiger partial charge in [-0.1, -0.05) is 6.07 Å². The van der Waals surface area contributed by atoms with Crippen LogP contribution in [0.15, 0.2) is 36.9 Å². The van der Waals surface area contributed by atoms with Gasteiger partial charge in [-0.05, 0) is 49.8 Å². The van der Waals surface area contributed by atoms with E-state index in [9.17, 15) is 0 Å². The monoisotopic (exact) mass is 309 g/mol. The van der Waals surface area contributed by atoms with Gasteiger partial charge in [0.25, 0.3) is 0 Å². The highest BCUT2D eigenvalue weighted by Crippen LogP contribution is 2.49. The lowest BCUT2D eigenvalue weighted by atomic mass is 9.65. The molecule has 1 aliphatic heterocycles. The molecule has 1 aliphatic carbocycles. The summed E-state index contributed by atoms with van der Waals surface area (Å²) in [5.41, 5.74) is 2.84. The molecule has 0 amide bonds. The second kappa shape index (κ2) is 5.89. The standard InChI is InChI=1S/C18H23N5/c1-14-7-17(21-13-20-14)22-16-8-18(9-16)4-6-23(12-18)11-15-3-2-5-19-10-15/h2-3,5,7,10,13,16H,4,6,8-9,11-12H2,1H3,(H,20,21,22). The quantitative estimate of drug-likeness (QED) is 0.941. The number of nitrogens with one attached hydrogen (secondary N) is 1. The summed E-state index contributed by atoms with van der Waals surface area (Å²) in [6.07, 6.45) is 9.27. The van der Waals surface area contributed by atoms with Crippen molar-refractivity contribution in [1.29, 1.82) is 0 Å². The van der Waals surface area contributed by atoms with Crippen molar-refractivity contribution in [3.8, 4) is 0 Å². The van der Waals surface area contributed by atoms with E-state index in [1.165, 1.54) is 37.9 Å². The van der Waals surface area contributed by atoms with Gasteiger partial charge in [0.05, 0.1) is 0 Å². The third kappa shape index (κ3) is 3.20. The van der Waals surface area contributed by atoms with Gasteiger partial charge in [-0.15, -0.1) is 0 Å². The maximum atomic E-state index is 4.31. The molecule has 0 atom stereocenters. The molecule has 1 saturated heterocycles. The molecule has 0 aromatic carbocycles. The van der Waals surface area contributed by atoms with E-state index in [2.05, 4.69) is 31.2 Å². The molecular formula is C18H23N5. The molecule has 0 radical (unpaired) electrons. The van der Waals surface area contributed by atoms with E-state index in [4.69, 9.17) is 0 Å². The molecule has 1 N–H and O–H groups in total. The number of hydrogen-bond acceptors (Lipinski definition) is 5. The number of hydrogen-bond donors (Lipinski definition) is 1. The molecule has 0 bridgehead atoms. The van der Waals surface area contributed by atoms with Crippen LogP contribution >= 0.6 is 0 Å². The number of aryl methyl sites for hydroxylation is 1. The molecule has 2 fully saturated rings. The van der Waals surface area contributed by atoms with Gasteiger partial charge in [-0.3, -0.25) is 9.88 Å². The zero-order valence-corrected chi connectivity index (χ0v) is 13.6. The Bertz CT molecular complexity index is 666. The average Bonchev–Trinajstić information content (AvgIpc) is 2.92. The Morgan fingerprint density at radius 2 is 2.26 bits per heavy atom. The van der Waals surface area contributed by atoms with Crippen LogP contribution in [0, 0.1) is 12.3 Å². The minimum atomic E-state index is 0.516. The highest BCUT2D eigenvalue weighted by Gasteiger charge is 2.48. The van der Waals surface area contributed by atoms with Gasteiger partial charge >= 0.3 is 0 Å². The van der Waals surface area contributed by atoms with Crippen molar-refractivity contribution in [3.63, 3.8) is 0 Å². The smallest absolute Gasteiger partial charge is 0.129 e.